The number of hydrogen-bond donors (Lipinski definition) is 1. The molecule has 1 amide bonds. The number of para-hydroxylation sites is 1. The first kappa shape index (κ1) is 15.0. The smallest absolute Gasteiger partial charge is 0.238 e. The normalized spacial score (nSPS) is 15.8. The lowest BCUT2D eigenvalue weighted by molar-refractivity contribution is -0.117. The van der Waals surface area contributed by atoms with E-state index in [1.54, 1.807) is 0 Å². The van der Waals surface area contributed by atoms with Crippen molar-refractivity contribution in [1.29, 1.82) is 0 Å². The third-order valence-corrected chi connectivity index (χ3v) is 3.24. The number of nitrogens with one attached hydrogen (secondary N) is 1. The molecular weight excluding hydrogens is 248 g/mol. The summed E-state index contributed by atoms with van der Waals surface area (Å²) < 4.78 is 0. The van der Waals surface area contributed by atoms with Gasteiger partial charge in [0.2, 0.25) is 5.91 Å². The minimum Gasteiger partial charge on any atom is -0.325 e. The Labute approximate surface area is 115 Å². The summed E-state index contributed by atoms with van der Waals surface area (Å²) >= 11 is 0. The Morgan fingerprint density at radius 2 is 1.89 bits per heavy atom. The fourth-order valence-electron chi connectivity index (χ4n) is 2.22. The number of halogens is 1. The maximum absolute atomic E-state index is 11.9. The third kappa shape index (κ3) is 4.31. The molecule has 1 heterocycles. The highest BCUT2D eigenvalue weighted by molar-refractivity contribution is 5.92. The van der Waals surface area contributed by atoms with Gasteiger partial charge in [0.05, 0.1) is 6.54 Å². The maximum atomic E-state index is 11.9. The lowest BCUT2D eigenvalue weighted by atomic mass is 10.1. The summed E-state index contributed by atoms with van der Waals surface area (Å²) in [5.74, 6) is 0.0983. The van der Waals surface area contributed by atoms with Gasteiger partial charge in [0.25, 0.3) is 0 Å². The number of rotatable bonds is 3. The number of carbonyl (C=O) groups is 1. The van der Waals surface area contributed by atoms with E-state index in [1.165, 1.54) is 19.3 Å². The first-order chi connectivity index (χ1) is 8.25. The zero-order valence-electron chi connectivity index (χ0n) is 10.8. The molecule has 1 aromatic carbocycles. The van der Waals surface area contributed by atoms with E-state index in [9.17, 15) is 4.79 Å². The van der Waals surface area contributed by atoms with Gasteiger partial charge in [-0.2, -0.15) is 0 Å². The topological polar surface area (TPSA) is 32.3 Å². The van der Waals surface area contributed by atoms with Crippen molar-refractivity contribution in [2.45, 2.75) is 26.2 Å². The Morgan fingerprint density at radius 1 is 1.22 bits per heavy atom. The van der Waals surface area contributed by atoms with Crippen LogP contribution in [-0.2, 0) is 4.79 Å². The number of carbonyl (C=O) groups excluding carboxylic acids is 1. The lowest BCUT2D eigenvalue weighted by Gasteiger charge is -2.25. The number of aryl methyl sites for hydroxylation is 1. The van der Waals surface area contributed by atoms with Crippen molar-refractivity contribution in [1.82, 2.24) is 4.90 Å². The van der Waals surface area contributed by atoms with Gasteiger partial charge in [-0.1, -0.05) is 24.6 Å². The molecule has 0 spiro atoms. The maximum Gasteiger partial charge on any atom is 0.238 e. The predicted molar refractivity (Wildman–Crippen MR) is 77.3 cm³/mol. The number of piperidine rings is 1. The van der Waals surface area contributed by atoms with Crippen LogP contribution in [0.25, 0.3) is 0 Å². The van der Waals surface area contributed by atoms with Crippen LogP contribution in [0.4, 0.5) is 5.69 Å². The minimum atomic E-state index is 0. The highest BCUT2D eigenvalue weighted by atomic mass is 35.5. The van der Waals surface area contributed by atoms with Crippen LogP contribution in [0.1, 0.15) is 24.8 Å². The molecule has 0 saturated carbocycles. The summed E-state index contributed by atoms with van der Waals surface area (Å²) in [5.41, 5.74) is 2.04. The number of likely N-dealkylation sites (tertiary alicyclic amines) is 1. The van der Waals surface area contributed by atoms with Gasteiger partial charge in [0, 0.05) is 5.69 Å². The molecule has 3 nitrogen and oxygen atoms in total. The third-order valence-electron chi connectivity index (χ3n) is 3.24. The largest absolute Gasteiger partial charge is 0.325 e. The van der Waals surface area contributed by atoms with Crippen molar-refractivity contribution >= 4 is 24.0 Å². The molecule has 0 aliphatic carbocycles. The quantitative estimate of drug-likeness (QED) is 0.914. The molecule has 4 heteroatoms. The monoisotopic (exact) mass is 268 g/mol. The zero-order valence-corrected chi connectivity index (χ0v) is 11.6. The number of hydrogen-bond acceptors (Lipinski definition) is 2. The summed E-state index contributed by atoms with van der Waals surface area (Å²) in [6.07, 6.45) is 3.74. The molecule has 0 radical (unpaired) electrons. The molecule has 0 atom stereocenters. The zero-order chi connectivity index (χ0) is 12.1. The van der Waals surface area contributed by atoms with Crippen molar-refractivity contribution in [3.8, 4) is 0 Å². The summed E-state index contributed by atoms with van der Waals surface area (Å²) in [6.45, 7) is 4.65. The van der Waals surface area contributed by atoms with Gasteiger partial charge in [-0.3, -0.25) is 9.69 Å². The minimum absolute atomic E-state index is 0. The van der Waals surface area contributed by atoms with E-state index >= 15 is 0 Å². The van der Waals surface area contributed by atoms with Crippen LogP contribution in [0.2, 0.25) is 0 Å². The fourth-order valence-corrected chi connectivity index (χ4v) is 2.22. The van der Waals surface area contributed by atoms with E-state index in [4.69, 9.17) is 0 Å². The summed E-state index contributed by atoms with van der Waals surface area (Å²) in [4.78, 5) is 14.1. The Hall–Kier alpha value is -1.06. The molecule has 1 saturated heterocycles. The number of amides is 1. The van der Waals surface area contributed by atoms with Crippen molar-refractivity contribution < 1.29 is 4.79 Å². The number of nitrogens with zero attached hydrogens (tertiary/aromatic N) is 1. The summed E-state index contributed by atoms with van der Waals surface area (Å²) in [7, 11) is 0. The van der Waals surface area contributed by atoms with Crippen LogP contribution in [0.3, 0.4) is 0 Å². The van der Waals surface area contributed by atoms with Gasteiger partial charge in [-0.15, -0.1) is 12.4 Å². The van der Waals surface area contributed by atoms with E-state index in [1.807, 2.05) is 31.2 Å². The summed E-state index contributed by atoms with van der Waals surface area (Å²) in [6, 6.07) is 7.89. The summed E-state index contributed by atoms with van der Waals surface area (Å²) in [5, 5.41) is 2.98. The molecule has 0 unspecified atom stereocenters. The Morgan fingerprint density at radius 3 is 2.56 bits per heavy atom. The van der Waals surface area contributed by atoms with Crippen LogP contribution in [0.5, 0.6) is 0 Å². The van der Waals surface area contributed by atoms with Gasteiger partial charge in [-0.05, 0) is 44.5 Å². The number of anilines is 1. The fraction of sp³-hybridized carbons (Fsp3) is 0.500. The number of benzene rings is 1. The van der Waals surface area contributed by atoms with Crippen molar-refractivity contribution in [2.75, 3.05) is 25.0 Å². The SMILES string of the molecule is Cc1ccccc1NC(=O)CN1CCCCC1.Cl. The molecule has 18 heavy (non-hydrogen) atoms. The molecule has 0 bridgehead atoms. The van der Waals surface area contributed by atoms with Crippen molar-refractivity contribution in [3.05, 3.63) is 29.8 Å². The van der Waals surface area contributed by atoms with Crippen LogP contribution < -0.4 is 5.32 Å². The van der Waals surface area contributed by atoms with E-state index in [2.05, 4.69) is 10.2 Å². The van der Waals surface area contributed by atoms with Gasteiger partial charge in [0.1, 0.15) is 0 Å². The first-order valence-electron chi connectivity index (χ1n) is 6.33. The molecule has 1 fully saturated rings. The van der Waals surface area contributed by atoms with Gasteiger partial charge < -0.3 is 5.32 Å². The molecule has 1 aromatic rings. The van der Waals surface area contributed by atoms with Gasteiger partial charge >= 0.3 is 0 Å². The van der Waals surface area contributed by atoms with Crippen LogP contribution in [0, 0.1) is 6.92 Å². The molecule has 1 aliphatic heterocycles. The average molecular weight is 269 g/mol. The predicted octanol–water partition coefficient (Wildman–Crippen LogP) is 2.84. The van der Waals surface area contributed by atoms with Crippen molar-refractivity contribution in [3.63, 3.8) is 0 Å². The highest BCUT2D eigenvalue weighted by Crippen LogP contribution is 2.13. The van der Waals surface area contributed by atoms with Crippen LogP contribution >= 0.6 is 12.4 Å². The standard InChI is InChI=1S/C14H20N2O.ClH/c1-12-7-3-4-8-13(12)15-14(17)11-16-9-5-2-6-10-16;/h3-4,7-8H,2,5-6,9-11H2,1H3,(H,15,17);1H. The van der Waals surface area contributed by atoms with E-state index in [0.29, 0.717) is 6.54 Å². The van der Waals surface area contributed by atoms with Gasteiger partial charge in [-0.25, -0.2) is 0 Å². The Bertz CT molecular complexity index is 389. The van der Waals surface area contributed by atoms with E-state index in [-0.39, 0.29) is 18.3 Å². The second kappa shape index (κ2) is 7.39. The lowest BCUT2D eigenvalue weighted by Crippen LogP contribution is -2.36. The Balaban J connectivity index is 0.00000162. The Kier molecular flexibility index (Phi) is 6.16. The molecule has 0 aromatic heterocycles. The molecule has 2 rings (SSSR count). The average Bonchev–Trinajstić information content (AvgIpc) is 2.33. The molecule has 1 aliphatic rings. The molecule has 1 N–H and O–H groups in total. The highest BCUT2D eigenvalue weighted by Gasteiger charge is 2.13. The van der Waals surface area contributed by atoms with E-state index in [0.717, 1.165) is 24.3 Å². The van der Waals surface area contributed by atoms with Gasteiger partial charge in [0.15, 0.2) is 0 Å². The van der Waals surface area contributed by atoms with Crippen LogP contribution in [-0.4, -0.2) is 30.4 Å². The second-order valence-corrected chi connectivity index (χ2v) is 4.70. The van der Waals surface area contributed by atoms with E-state index < -0.39 is 0 Å². The second-order valence-electron chi connectivity index (χ2n) is 4.70. The van der Waals surface area contributed by atoms with Crippen LogP contribution in [0.15, 0.2) is 24.3 Å². The molecule has 100 valence electrons. The molecular formula is C14H21ClN2O. The first-order valence-corrected chi connectivity index (χ1v) is 6.33. The van der Waals surface area contributed by atoms with Crippen molar-refractivity contribution in [2.24, 2.45) is 0 Å².